The molecule has 1 aliphatic rings. The maximum Gasteiger partial charge on any atom is 0.398 e. The molecule has 1 aliphatic heterocycles. The summed E-state index contributed by atoms with van der Waals surface area (Å²) in [5.41, 5.74) is 1.55. The van der Waals surface area contributed by atoms with Crippen LogP contribution in [0.2, 0.25) is 0 Å². The normalized spacial score (nSPS) is 18.3. The van der Waals surface area contributed by atoms with Crippen molar-refractivity contribution in [2.75, 3.05) is 13.1 Å². The predicted molar refractivity (Wildman–Crippen MR) is 142 cm³/mol. The summed E-state index contributed by atoms with van der Waals surface area (Å²) in [5, 5.41) is 12.9. The Hall–Kier alpha value is -3.88. The van der Waals surface area contributed by atoms with E-state index in [1.807, 2.05) is 30.3 Å². The van der Waals surface area contributed by atoms with Gasteiger partial charge in [-0.1, -0.05) is 66.7 Å². The topological polar surface area (TPSA) is 100 Å². The summed E-state index contributed by atoms with van der Waals surface area (Å²) in [4.78, 5) is 50.2. The zero-order valence-corrected chi connectivity index (χ0v) is 21.6. The number of pyridine rings is 1. The Kier molecular flexibility index (Phi) is 8.99. The molecule has 2 heterocycles. The number of amides is 1. The monoisotopic (exact) mass is 515 g/mol. The van der Waals surface area contributed by atoms with Gasteiger partial charge in [0.25, 0.3) is 11.7 Å². The van der Waals surface area contributed by atoms with Crippen LogP contribution in [0.25, 0.3) is 0 Å². The molecule has 0 radical (unpaired) electrons. The number of hydrogen-bond donors (Lipinski definition) is 1. The predicted octanol–water partition coefficient (Wildman–Crippen LogP) is 3.88. The average molecular weight is 516 g/mol. The highest BCUT2D eigenvalue weighted by Crippen LogP contribution is 2.35. The Bertz CT molecular complexity index is 1220. The van der Waals surface area contributed by atoms with Crippen molar-refractivity contribution >= 4 is 17.7 Å². The molecular formula is C30H33N3O5. The number of aliphatic hydroxyl groups is 1. The highest BCUT2D eigenvalue weighted by Gasteiger charge is 2.41. The van der Waals surface area contributed by atoms with Crippen molar-refractivity contribution in [2.45, 2.75) is 50.8 Å². The largest absolute Gasteiger partial charge is 0.398 e. The molecule has 3 unspecified atom stereocenters. The minimum absolute atomic E-state index is 0.0779. The van der Waals surface area contributed by atoms with Crippen molar-refractivity contribution in [1.29, 1.82) is 0 Å². The number of likely N-dealkylation sites (tertiary alicyclic amines) is 1. The first-order valence-electron chi connectivity index (χ1n) is 12.9. The van der Waals surface area contributed by atoms with Crippen molar-refractivity contribution in [1.82, 2.24) is 14.9 Å². The van der Waals surface area contributed by atoms with Crippen LogP contribution < -0.4 is 0 Å². The summed E-state index contributed by atoms with van der Waals surface area (Å²) in [6, 6.07) is 22.2. The molecule has 1 aromatic heterocycles. The van der Waals surface area contributed by atoms with Crippen LogP contribution >= 0.6 is 0 Å². The molecule has 8 nitrogen and oxygen atoms in total. The van der Waals surface area contributed by atoms with Crippen LogP contribution in [0.4, 0.5) is 0 Å². The van der Waals surface area contributed by atoms with Gasteiger partial charge >= 0.3 is 5.97 Å². The minimum Gasteiger partial charge on any atom is -0.389 e. The van der Waals surface area contributed by atoms with Gasteiger partial charge in [-0.25, -0.2) is 4.79 Å². The Morgan fingerprint density at radius 3 is 2.29 bits per heavy atom. The van der Waals surface area contributed by atoms with Gasteiger partial charge in [-0.05, 0) is 44.4 Å². The van der Waals surface area contributed by atoms with Crippen LogP contribution in [0.3, 0.4) is 0 Å². The summed E-state index contributed by atoms with van der Waals surface area (Å²) in [6.45, 7) is 4.00. The van der Waals surface area contributed by atoms with Crippen LogP contribution in [0.15, 0.2) is 85.1 Å². The number of hydroxylamine groups is 2. The van der Waals surface area contributed by atoms with E-state index < -0.39 is 23.9 Å². The molecule has 198 valence electrons. The van der Waals surface area contributed by atoms with Gasteiger partial charge in [0, 0.05) is 30.3 Å². The Morgan fingerprint density at radius 2 is 1.66 bits per heavy atom. The van der Waals surface area contributed by atoms with E-state index in [4.69, 9.17) is 4.84 Å². The first kappa shape index (κ1) is 27.2. The number of Topliss-reactive ketones (excluding diaryl/α,β-unsaturated/α-hetero) is 1. The van der Waals surface area contributed by atoms with Crippen LogP contribution in [0.1, 0.15) is 59.0 Å². The standard InChI is InChI=1S/C30H33N3O5/c1-21(2)33(38-30(37)28(35)23-14-7-4-8-15-23)20-26(34)27-24(22-12-5-3-6-13-22)16-11-19-32(27)29(36)25-17-9-10-18-31-25/h3-10,12-15,17-18,21,24,26-27,34H,11,16,19-20H2,1-2H3. The number of aromatic nitrogens is 1. The van der Waals surface area contributed by atoms with Crippen molar-refractivity contribution in [3.05, 3.63) is 102 Å². The molecule has 4 rings (SSSR count). The zero-order valence-electron chi connectivity index (χ0n) is 21.6. The maximum absolute atomic E-state index is 13.5. The summed E-state index contributed by atoms with van der Waals surface area (Å²) < 4.78 is 0. The van der Waals surface area contributed by atoms with E-state index in [9.17, 15) is 19.5 Å². The molecule has 38 heavy (non-hydrogen) atoms. The third kappa shape index (κ3) is 6.33. The molecular weight excluding hydrogens is 482 g/mol. The van der Waals surface area contributed by atoms with E-state index >= 15 is 0 Å². The summed E-state index contributed by atoms with van der Waals surface area (Å²) >= 11 is 0. The second-order valence-corrected chi connectivity index (χ2v) is 9.70. The van der Waals surface area contributed by atoms with Gasteiger partial charge in [-0.2, -0.15) is 0 Å². The molecule has 0 aliphatic carbocycles. The molecule has 1 N–H and O–H groups in total. The zero-order chi connectivity index (χ0) is 27.1. The summed E-state index contributed by atoms with van der Waals surface area (Å²) in [5.74, 6) is -2.19. The van der Waals surface area contributed by atoms with Crippen molar-refractivity contribution in [3.8, 4) is 0 Å². The molecule has 1 amide bonds. The highest BCUT2D eigenvalue weighted by atomic mass is 16.7. The van der Waals surface area contributed by atoms with Gasteiger partial charge in [-0.3, -0.25) is 14.6 Å². The van der Waals surface area contributed by atoms with Gasteiger partial charge in [-0.15, -0.1) is 5.06 Å². The Morgan fingerprint density at radius 1 is 1.00 bits per heavy atom. The lowest BCUT2D eigenvalue weighted by Crippen LogP contribution is -2.56. The van der Waals surface area contributed by atoms with E-state index in [0.29, 0.717) is 12.2 Å². The number of carbonyl (C=O) groups excluding carboxylic acids is 3. The van der Waals surface area contributed by atoms with Gasteiger partial charge in [0.05, 0.1) is 18.7 Å². The number of hydrogen-bond acceptors (Lipinski definition) is 7. The third-order valence-electron chi connectivity index (χ3n) is 6.82. The third-order valence-corrected chi connectivity index (χ3v) is 6.82. The second kappa shape index (κ2) is 12.6. The van der Waals surface area contributed by atoms with E-state index in [1.165, 1.54) is 5.06 Å². The van der Waals surface area contributed by atoms with Gasteiger partial charge in [0.15, 0.2) is 0 Å². The lowest BCUT2D eigenvalue weighted by atomic mass is 9.80. The molecule has 3 aromatic rings. The molecule has 8 heteroatoms. The fourth-order valence-corrected chi connectivity index (χ4v) is 4.93. The van der Waals surface area contributed by atoms with Crippen LogP contribution in [0, 0.1) is 0 Å². The number of benzene rings is 2. The number of rotatable bonds is 9. The molecule has 0 saturated carbocycles. The molecule has 1 saturated heterocycles. The number of piperidine rings is 1. The Labute approximate surface area is 222 Å². The SMILES string of the molecule is CC(C)N(CC(O)C1C(c2ccccc2)CCCN1C(=O)c1ccccn1)OC(=O)C(=O)c1ccccc1. The summed E-state index contributed by atoms with van der Waals surface area (Å²) in [7, 11) is 0. The van der Waals surface area contributed by atoms with E-state index in [1.54, 1.807) is 73.5 Å². The van der Waals surface area contributed by atoms with E-state index in [2.05, 4.69) is 4.98 Å². The van der Waals surface area contributed by atoms with Crippen molar-refractivity contribution < 1.29 is 24.3 Å². The van der Waals surface area contributed by atoms with Crippen molar-refractivity contribution in [2.24, 2.45) is 0 Å². The van der Waals surface area contributed by atoms with Gasteiger partial charge in [0.2, 0.25) is 0 Å². The average Bonchev–Trinajstić information content (AvgIpc) is 2.96. The first-order chi connectivity index (χ1) is 18.4. The van der Waals surface area contributed by atoms with Crippen LogP contribution in [-0.4, -0.2) is 69.0 Å². The van der Waals surface area contributed by atoms with Gasteiger partial charge < -0.3 is 14.8 Å². The first-order valence-corrected chi connectivity index (χ1v) is 12.9. The van der Waals surface area contributed by atoms with Gasteiger partial charge in [0.1, 0.15) is 5.69 Å². The van der Waals surface area contributed by atoms with Crippen LogP contribution in [0.5, 0.6) is 0 Å². The molecule has 3 atom stereocenters. The highest BCUT2D eigenvalue weighted by molar-refractivity contribution is 6.40. The number of nitrogens with zero attached hydrogens (tertiary/aromatic N) is 3. The number of carbonyl (C=O) groups is 3. The molecule has 0 bridgehead atoms. The lowest BCUT2D eigenvalue weighted by molar-refractivity contribution is -0.201. The number of aliphatic hydroxyl groups excluding tert-OH is 1. The lowest BCUT2D eigenvalue weighted by Gasteiger charge is -2.44. The fraction of sp³-hybridized carbons (Fsp3) is 0.333. The van der Waals surface area contributed by atoms with E-state index in [0.717, 1.165) is 18.4 Å². The quantitative estimate of drug-likeness (QED) is 0.262. The molecule has 2 aromatic carbocycles. The van der Waals surface area contributed by atoms with Crippen LogP contribution in [-0.2, 0) is 9.63 Å². The fourth-order valence-electron chi connectivity index (χ4n) is 4.93. The maximum atomic E-state index is 13.5. The number of ketones is 1. The van der Waals surface area contributed by atoms with Crippen molar-refractivity contribution in [3.63, 3.8) is 0 Å². The summed E-state index contributed by atoms with van der Waals surface area (Å²) in [6.07, 6.45) is 2.05. The van der Waals surface area contributed by atoms with E-state index in [-0.39, 0.29) is 30.0 Å². The molecule has 1 fully saturated rings. The smallest absolute Gasteiger partial charge is 0.389 e. The molecule has 0 spiro atoms. The minimum atomic E-state index is -1.07. The second-order valence-electron chi connectivity index (χ2n) is 9.70. The Balaban J connectivity index is 1.59.